The fourth-order valence-electron chi connectivity index (χ4n) is 9.53. The average Bonchev–Trinajstić information content (AvgIpc) is 3.74. The second kappa shape index (κ2) is 12.6. The first-order chi connectivity index (χ1) is 27.2. The van der Waals surface area contributed by atoms with E-state index in [9.17, 15) is 0 Å². The van der Waals surface area contributed by atoms with Crippen molar-refractivity contribution in [3.63, 3.8) is 0 Å². The minimum Gasteiger partial charge on any atom is -0.309 e. The van der Waals surface area contributed by atoms with Crippen molar-refractivity contribution < 1.29 is 0 Å². The molecule has 2 heteroatoms. The lowest BCUT2D eigenvalue weighted by Gasteiger charge is -2.34. The molecule has 11 rings (SSSR count). The van der Waals surface area contributed by atoms with Gasteiger partial charge in [0.15, 0.2) is 0 Å². The Morgan fingerprint density at radius 2 is 0.964 bits per heavy atom. The number of nitrogens with zero attached hydrogens (tertiary/aromatic N) is 1. The number of benzene rings is 9. The van der Waals surface area contributed by atoms with Gasteiger partial charge in [-0.15, -0.1) is 0 Å². The molecule has 0 spiro atoms. The smallest absolute Gasteiger partial charge is 0.0714 e. The number of rotatable bonds is 5. The summed E-state index contributed by atoms with van der Waals surface area (Å²) in [4.78, 5) is 0. The highest BCUT2D eigenvalue weighted by atomic mass is 79.9. The van der Waals surface area contributed by atoms with E-state index >= 15 is 0 Å². The Morgan fingerprint density at radius 3 is 1.71 bits per heavy atom. The highest BCUT2D eigenvalue weighted by Gasteiger charge is 2.46. The van der Waals surface area contributed by atoms with E-state index in [-0.39, 0.29) is 0 Å². The van der Waals surface area contributed by atoms with Gasteiger partial charge in [0.2, 0.25) is 0 Å². The molecule has 10 aromatic rings. The SMILES string of the molecule is Brc1cccc(-c2ccccc2-c2cc3c(c4ccccc24)c2ccccc2n3-c2ccc3c(c2)C(c2ccccc2)(c2ccccc2)c2ccccc2-3)c1. The molecule has 0 saturated heterocycles. The minimum absolute atomic E-state index is 0.482. The lowest BCUT2D eigenvalue weighted by molar-refractivity contribution is 0.767. The largest absolute Gasteiger partial charge is 0.309 e. The lowest BCUT2D eigenvalue weighted by atomic mass is 9.67. The molecular weight excluding hydrogens is 730 g/mol. The van der Waals surface area contributed by atoms with Crippen LogP contribution in [0.3, 0.4) is 0 Å². The van der Waals surface area contributed by atoms with Crippen molar-refractivity contribution in [1.82, 2.24) is 4.57 Å². The Labute approximate surface area is 328 Å². The van der Waals surface area contributed by atoms with Crippen LogP contribution in [0.15, 0.2) is 211 Å². The highest BCUT2D eigenvalue weighted by molar-refractivity contribution is 9.10. The first-order valence-electron chi connectivity index (χ1n) is 18.9. The van der Waals surface area contributed by atoms with Gasteiger partial charge in [0.1, 0.15) is 0 Å². The maximum Gasteiger partial charge on any atom is 0.0714 e. The van der Waals surface area contributed by atoms with Gasteiger partial charge in [0, 0.05) is 20.9 Å². The van der Waals surface area contributed by atoms with Crippen LogP contribution in [0, 0.1) is 0 Å². The normalized spacial score (nSPS) is 13.0. The molecule has 0 atom stereocenters. The summed E-state index contributed by atoms with van der Waals surface area (Å²) >= 11 is 3.73. The molecule has 1 nitrogen and oxygen atoms in total. The fourth-order valence-corrected chi connectivity index (χ4v) is 9.93. The third-order valence-corrected chi connectivity index (χ3v) is 12.2. The molecule has 1 heterocycles. The van der Waals surface area contributed by atoms with Crippen molar-refractivity contribution in [3.8, 4) is 39.1 Å². The standard InChI is InChI=1S/C53H34BrN/c54-38-21-15-16-35(32-38)40-22-7-8-23-41(40)47-34-51-52(45-26-10-9-24-42(45)47)46-27-12-14-29-50(46)55(51)39-30-31-44-43-25-11-13-28-48(43)53(49(44)33-39,36-17-3-1-4-18-36)37-19-5-2-6-20-37/h1-34H. The van der Waals surface area contributed by atoms with Crippen LogP contribution < -0.4 is 0 Å². The van der Waals surface area contributed by atoms with Crippen LogP contribution in [0.4, 0.5) is 0 Å². The Morgan fingerprint density at radius 1 is 0.364 bits per heavy atom. The second-order valence-corrected chi connectivity index (χ2v) is 15.4. The lowest BCUT2D eigenvalue weighted by Crippen LogP contribution is -2.28. The Bertz CT molecular complexity index is 3060. The van der Waals surface area contributed by atoms with Gasteiger partial charge >= 0.3 is 0 Å². The predicted molar refractivity (Wildman–Crippen MR) is 234 cm³/mol. The highest BCUT2D eigenvalue weighted by Crippen LogP contribution is 2.56. The third kappa shape index (κ3) is 4.71. The van der Waals surface area contributed by atoms with E-state index in [0.717, 1.165) is 10.2 Å². The number of para-hydroxylation sites is 1. The Kier molecular flexibility index (Phi) is 7.30. The summed E-state index contributed by atoms with van der Waals surface area (Å²) in [6, 6.07) is 76.1. The monoisotopic (exact) mass is 763 g/mol. The fraction of sp³-hybridized carbons (Fsp3) is 0.0189. The zero-order chi connectivity index (χ0) is 36.5. The van der Waals surface area contributed by atoms with E-state index in [0.29, 0.717) is 0 Å². The molecule has 1 aliphatic carbocycles. The van der Waals surface area contributed by atoms with E-state index in [1.165, 1.54) is 88.2 Å². The molecule has 0 radical (unpaired) electrons. The summed E-state index contributed by atoms with van der Waals surface area (Å²) in [5.74, 6) is 0. The minimum atomic E-state index is -0.482. The van der Waals surface area contributed by atoms with Gasteiger partial charge in [-0.25, -0.2) is 0 Å². The van der Waals surface area contributed by atoms with Crippen molar-refractivity contribution in [3.05, 3.63) is 233 Å². The molecule has 55 heavy (non-hydrogen) atoms. The van der Waals surface area contributed by atoms with Crippen LogP contribution in [0.2, 0.25) is 0 Å². The molecule has 0 amide bonds. The first kappa shape index (κ1) is 32.0. The summed E-state index contributed by atoms with van der Waals surface area (Å²) in [5, 5.41) is 5.03. The van der Waals surface area contributed by atoms with E-state index in [1.54, 1.807) is 0 Å². The summed E-state index contributed by atoms with van der Waals surface area (Å²) in [5.41, 5.74) is 15.6. The van der Waals surface area contributed by atoms with Crippen LogP contribution in [0.25, 0.3) is 71.6 Å². The van der Waals surface area contributed by atoms with Gasteiger partial charge in [0.25, 0.3) is 0 Å². The van der Waals surface area contributed by atoms with Gasteiger partial charge in [-0.05, 0) is 103 Å². The molecule has 9 aromatic carbocycles. The molecule has 0 bridgehead atoms. The van der Waals surface area contributed by atoms with Crippen molar-refractivity contribution in [2.75, 3.05) is 0 Å². The number of fused-ring (bicyclic) bond motifs is 8. The van der Waals surface area contributed by atoms with Crippen molar-refractivity contribution in [2.24, 2.45) is 0 Å². The number of hydrogen-bond donors (Lipinski definition) is 0. The quantitative estimate of drug-likeness (QED) is 0.164. The van der Waals surface area contributed by atoms with Gasteiger partial charge in [0.05, 0.1) is 16.4 Å². The molecule has 1 aliphatic rings. The zero-order valence-corrected chi connectivity index (χ0v) is 31.5. The third-order valence-electron chi connectivity index (χ3n) is 11.7. The maximum absolute atomic E-state index is 3.73. The Hall–Kier alpha value is -6.48. The van der Waals surface area contributed by atoms with Gasteiger partial charge < -0.3 is 4.57 Å². The van der Waals surface area contributed by atoms with Crippen LogP contribution in [-0.4, -0.2) is 4.57 Å². The van der Waals surface area contributed by atoms with Gasteiger partial charge in [-0.3, -0.25) is 0 Å². The molecule has 0 fully saturated rings. The number of aromatic nitrogens is 1. The van der Waals surface area contributed by atoms with E-state index in [4.69, 9.17) is 0 Å². The summed E-state index contributed by atoms with van der Waals surface area (Å²) in [7, 11) is 0. The van der Waals surface area contributed by atoms with E-state index in [2.05, 4.69) is 227 Å². The van der Waals surface area contributed by atoms with Crippen molar-refractivity contribution in [1.29, 1.82) is 0 Å². The molecular formula is C53H34BrN. The number of hydrogen-bond acceptors (Lipinski definition) is 0. The summed E-state index contributed by atoms with van der Waals surface area (Å²) in [6.45, 7) is 0. The van der Waals surface area contributed by atoms with Crippen LogP contribution in [-0.2, 0) is 5.41 Å². The molecule has 1 aromatic heterocycles. The second-order valence-electron chi connectivity index (χ2n) is 14.5. The maximum atomic E-state index is 3.73. The van der Waals surface area contributed by atoms with Crippen molar-refractivity contribution >= 4 is 48.5 Å². The number of halogens is 1. The summed E-state index contributed by atoms with van der Waals surface area (Å²) in [6.07, 6.45) is 0. The van der Waals surface area contributed by atoms with Crippen molar-refractivity contribution in [2.45, 2.75) is 5.41 Å². The van der Waals surface area contributed by atoms with Crippen LogP contribution in [0.1, 0.15) is 22.3 Å². The summed E-state index contributed by atoms with van der Waals surface area (Å²) < 4.78 is 3.58. The van der Waals surface area contributed by atoms with E-state index in [1.807, 2.05) is 0 Å². The van der Waals surface area contributed by atoms with Crippen LogP contribution in [0.5, 0.6) is 0 Å². The molecule has 0 saturated carbocycles. The average molecular weight is 765 g/mol. The molecule has 258 valence electrons. The predicted octanol–water partition coefficient (Wildman–Crippen LogP) is 14.4. The molecule has 0 aliphatic heterocycles. The molecule has 0 unspecified atom stereocenters. The van der Waals surface area contributed by atoms with Gasteiger partial charge in [-0.1, -0.05) is 186 Å². The van der Waals surface area contributed by atoms with E-state index < -0.39 is 5.41 Å². The first-order valence-corrected chi connectivity index (χ1v) is 19.7. The zero-order valence-electron chi connectivity index (χ0n) is 30.0. The van der Waals surface area contributed by atoms with Gasteiger partial charge in [-0.2, -0.15) is 0 Å². The van der Waals surface area contributed by atoms with Crippen LogP contribution >= 0.6 is 15.9 Å². The Balaban J connectivity index is 1.24. The topological polar surface area (TPSA) is 4.93 Å². The molecule has 0 N–H and O–H groups in total.